The molecule has 1 aliphatic heterocycles. The Hall–Kier alpha value is -2.83. The van der Waals surface area contributed by atoms with Gasteiger partial charge >= 0.3 is 0 Å². The monoisotopic (exact) mass is 480 g/mol. The van der Waals surface area contributed by atoms with Crippen LogP contribution < -0.4 is 10.6 Å². The third-order valence-electron chi connectivity index (χ3n) is 6.67. The molecule has 2 amide bonds. The molecule has 180 valence electrons. The van der Waals surface area contributed by atoms with Gasteiger partial charge in [-0.3, -0.25) is 9.59 Å². The number of carbonyl (C=O) groups excluding carboxylic acids is 2. The summed E-state index contributed by atoms with van der Waals surface area (Å²) in [5.41, 5.74) is 2.35. The second-order valence-electron chi connectivity index (χ2n) is 9.24. The minimum atomic E-state index is -0.709. The van der Waals surface area contributed by atoms with E-state index < -0.39 is 6.04 Å². The van der Waals surface area contributed by atoms with E-state index in [1.54, 1.807) is 24.3 Å². The maximum absolute atomic E-state index is 13.2. The molecule has 3 aromatic rings. The smallest absolute Gasteiger partial charge is 0.253 e. The predicted octanol–water partition coefficient (Wildman–Crippen LogP) is 4.40. The second kappa shape index (κ2) is 11.5. The fourth-order valence-corrected chi connectivity index (χ4v) is 4.76. The highest BCUT2D eigenvalue weighted by Gasteiger charge is 2.24. The van der Waals surface area contributed by atoms with Crippen LogP contribution in [-0.2, 0) is 11.2 Å². The van der Waals surface area contributed by atoms with Crippen LogP contribution in [0.1, 0.15) is 42.1 Å². The largest absolute Gasteiger partial charge is 0.361 e. The zero-order chi connectivity index (χ0) is 23.9. The number of likely N-dealkylation sites (tertiary alicyclic amines) is 1. The normalized spacial score (nSPS) is 15.8. The third-order valence-corrected chi connectivity index (χ3v) is 7.00. The van der Waals surface area contributed by atoms with Crippen LogP contribution in [-0.4, -0.2) is 53.9 Å². The van der Waals surface area contributed by atoms with Crippen molar-refractivity contribution in [2.45, 2.75) is 38.6 Å². The number of benzene rings is 2. The van der Waals surface area contributed by atoms with Gasteiger partial charge < -0.3 is 20.5 Å². The van der Waals surface area contributed by atoms with Crippen molar-refractivity contribution in [2.24, 2.45) is 5.92 Å². The number of halogens is 1. The Balaban J connectivity index is 1.40. The number of rotatable bonds is 9. The van der Waals surface area contributed by atoms with E-state index in [9.17, 15) is 9.59 Å². The summed E-state index contributed by atoms with van der Waals surface area (Å²) >= 11 is 6.22. The van der Waals surface area contributed by atoms with E-state index in [0.717, 1.165) is 48.4 Å². The summed E-state index contributed by atoms with van der Waals surface area (Å²) in [4.78, 5) is 31.8. The van der Waals surface area contributed by atoms with E-state index >= 15 is 0 Å². The number of amides is 2. The van der Waals surface area contributed by atoms with Crippen molar-refractivity contribution in [3.63, 3.8) is 0 Å². The van der Waals surface area contributed by atoms with Gasteiger partial charge in [-0.05, 0) is 68.6 Å². The number of aromatic amines is 1. The first-order chi connectivity index (χ1) is 16.5. The molecule has 1 fully saturated rings. The molecule has 3 N–H and O–H groups in total. The lowest BCUT2D eigenvalue weighted by Gasteiger charge is -2.30. The molecule has 7 heteroatoms. The molecule has 1 saturated heterocycles. The number of hydrogen-bond acceptors (Lipinski definition) is 3. The van der Waals surface area contributed by atoms with Crippen LogP contribution in [0.5, 0.6) is 0 Å². The van der Waals surface area contributed by atoms with Gasteiger partial charge in [0.05, 0.1) is 10.6 Å². The SMILES string of the molecule is CC1CCN(CCCNC(=O)C(Cc2c[nH]c3ccccc23)NC(=O)c2ccccc2Cl)CC1. The average molecular weight is 481 g/mol. The summed E-state index contributed by atoms with van der Waals surface area (Å²) in [5.74, 6) is 0.272. The van der Waals surface area contributed by atoms with Gasteiger partial charge in [0.15, 0.2) is 0 Å². The quantitative estimate of drug-likeness (QED) is 0.397. The standard InChI is InChI=1S/C27H33ClN4O2/c1-19-11-15-32(16-12-19)14-6-13-29-27(34)25(31-26(33)22-8-2-4-9-23(22)28)17-20-18-30-24-10-5-3-7-21(20)24/h2-5,7-10,18-19,25,30H,6,11-17H2,1H3,(H,29,34)(H,31,33). The van der Waals surface area contributed by atoms with Gasteiger partial charge in [0, 0.05) is 30.1 Å². The fourth-order valence-electron chi connectivity index (χ4n) is 4.53. The fraction of sp³-hybridized carbons (Fsp3) is 0.407. The summed E-state index contributed by atoms with van der Waals surface area (Å²) in [6.07, 6.45) is 5.67. The van der Waals surface area contributed by atoms with Crippen LogP contribution >= 0.6 is 11.6 Å². The first-order valence-electron chi connectivity index (χ1n) is 12.1. The minimum absolute atomic E-state index is 0.182. The van der Waals surface area contributed by atoms with Crippen molar-refractivity contribution in [3.8, 4) is 0 Å². The van der Waals surface area contributed by atoms with Crippen LogP contribution in [0.2, 0.25) is 5.02 Å². The Bertz CT molecular complexity index is 1120. The highest BCUT2D eigenvalue weighted by Crippen LogP contribution is 2.20. The highest BCUT2D eigenvalue weighted by atomic mass is 35.5. The highest BCUT2D eigenvalue weighted by molar-refractivity contribution is 6.33. The van der Waals surface area contributed by atoms with Crippen LogP contribution in [0.4, 0.5) is 0 Å². The molecule has 2 aromatic carbocycles. The Morgan fingerprint density at radius 2 is 1.85 bits per heavy atom. The lowest BCUT2D eigenvalue weighted by atomic mass is 9.99. The number of nitrogens with one attached hydrogen (secondary N) is 3. The number of fused-ring (bicyclic) bond motifs is 1. The summed E-state index contributed by atoms with van der Waals surface area (Å²) in [6.45, 7) is 6.13. The molecule has 1 unspecified atom stereocenters. The first-order valence-corrected chi connectivity index (χ1v) is 12.5. The average Bonchev–Trinajstić information content (AvgIpc) is 3.25. The van der Waals surface area contributed by atoms with E-state index in [4.69, 9.17) is 11.6 Å². The third kappa shape index (κ3) is 6.19. The molecule has 0 bridgehead atoms. The molecule has 0 radical (unpaired) electrons. The molecule has 1 aromatic heterocycles. The van der Waals surface area contributed by atoms with Gasteiger partial charge in [-0.2, -0.15) is 0 Å². The summed E-state index contributed by atoms with van der Waals surface area (Å²) in [5, 5.41) is 7.36. The van der Waals surface area contributed by atoms with Gasteiger partial charge in [-0.15, -0.1) is 0 Å². The number of piperidine rings is 1. The van der Waals surface area contributed by atoms with Gasteiger partial charge in [0.25, 0.3) is 5.91 Å². The van der Waals surface area contributed by atoms with Crippen molar-refractivity contribution in [1.29, 1.82) is 0 Å². The zero-order valence-corrected chi connectivity index (χ0v) is 20.4. The van der Waals surface area contributed by atoms with Crippen LogP contribution in [0.15, 0.2) is 54.7 Å². The molecule has 6 nitrogen and oxygen atoms in total. The van der Waals surface area contributed by atoms with Crippen LogP contribution in [0.25, 0.3) is 10.9 Å². The van der Waals surface area contributed by atoms with Gasteiger partial charge in [-0.25, -0.2) is 0 Å². The Morgan fingerprint density at radius 3 is 2.65 bits per heavy atom. The van der Waals surface area contributed by atoms with Gasteiger partial charge in [0.1, 0.15) is 6.04 Å². The van der Waals surface area contributed by atoms with E-state index in [2.05, 4.69) is 27.4 Å². The van der Waals surface area contributed by atoms with Crippen LogP contribution in [0, 0.1) is 5.92 Å². The number of nitrogens with zero attached hydrogens (tertiary/aromatic N) is 1. The van der Waals surface area contributed by atoms with Crippen molar-refractivity contribution < 1.29 is 9.59 Å². The number of hydrogen-bond donors (Lipinski definition) is 3. The summed E-state index contributed by atoms with van der Waals surface area (Å²) in [7, 11) is 0. The molecule has 0 spiro atoms. The Labute approximate surface area is 206 Å². The predicted molar refractivity (Wildman–Crippen MR) is 137 cm³/mol. The molecule has 1 aliphatic rings. The van der Waals surface area contributed by atoms with E-state index in [0.29, 0.717) is 23.6 Å². The van der Waals surface area contributed by atoms with E-state index in [1.165, 1.54) is 12.8 Å². The molecular weight excluding hydrogens is 448 g/mol. The Kier molecular flexibility index (Phi) is 8.25. The van der Waals surface area contributed by atoms with E-state index in [-0.39, 0.29) is 11.8 Å². The van der Waals surface area contributed by atoms with Crippen LogP contribution in [0.3, 0.4) is 0 Å². The summed E-state index contributed by atoms with van der Waals surface area (Å²) < 4.78 is 0. The molecule has 4 rings (SSSR count). The van der Waals surface area contributed by atoms with Crippen molar-refractivity contribution in [2.75, 3.05) is 26.2 Å². The Morgan fingerprint density at radius 1 is 1.12 bits per heavy atom. The number of aromatic nitrogens is 1. The molecular formula is C27H33ClN4O2. The number of H-pyrrole nitrogens is 1. The van der Waals surface area contributed by atoms with Crippen molar-refractivity contribution in [1.82, 2.24) is 20.5 Å². The molecule has 34 heavy (non-hydrogen) atoms. The minimum Gasteiger partial charge on any atom is -0.361 e. The first kappa shape index (κ1) is 24.3. The lowest BCUT2D eigenvalue weighted by Crippen LogP contribution is -2.48. The topological polar surface area (TPSA) is 77.2 Å². The number of carbonyl (C=O) groups is 2. The molecule has 2 heterocycles. The van der Waals surface area contributed by atoms with Crippen molar-refractivity contribution in [3.05, 3.63) is 70.9 Å². The second-order valence-corrected chi connectivity index (χ2v) is 9.65. The maximum Gasteiger partial charge on any atom is 0.253 e. The van der Waals surface area contributed by atoms with Gasteiger partial charge in [0.2, 0.25) is 5.91 Å². The maximum atomic E-state index is 13.2. The lowest BCUT2D eigenvalue weighted by molar-refractivity contribution is -0.122. The zero-order valence-electron chi connectivity index (χ0n) is 19.6. The molecule has 0 saturated carbocycles. The van der Waals surface area contributed by atoms with E-state index in [1.807, 2.05) is 30.5 Å². The molecule has 1 atom stereocenters. The molecule has 0 aliphatic carbocycles. The number of para-hydroxylation sites is 1. The summed E-state index contributed by atoms with van der Waals surface area (Å²) in [6, 6.07) is 14.1. The van der Waals surface area contributed by atoms with Crippen molar-refractivity contribution >= 4 is 34.3 Å². The van der Waals surface area contributed by atoms with Gasteiger partial charge in [-0.1, -0.05) is 48.9 Å².